The number of nitrogens with zero attached hydrogens (tertiary/aromatic N) is 2. The summed E-state index contributed by atoms with van der Waals surface area (Å²) >= 11 is 3.34. The number of halogens is 1. The van der Waals surface area contributed by atoms with E-state index < -0.39 is 10.0 Å². The number of rotatable bonds is 3. The van der Waals surface area contributed by atoms with E-state index in [0.29, 0.717) is 22.5 Å². The van der Waals surface area contributed by atoms with Crippen molar-refractivity contribution in [2.24, 2.45) is 5.73 Å². The van der Waals surface area contributed by atoms with Crippen LogP contribution in [0.3, 0.4) is 0 Å². The number of hydrogen-bond donors (Lipinski definition) is 1. The molecular weight excluding hydrogens is 342 g/mol. The Labute approximate surface area is 128 Å². The molecule has 112 valence electrons. The quantitative estimate of drug-likeness (QED) is 0.879. The summed E-state index contributed by atoms with van der Waals surface area (Å²) in [4.78, 5) is 2.44. The summed E-state index contributed by atoms with van der Waals surface area (Å²) in [5.41, 5.74) is 6.42. The smallest absolute Gasteiger partial charge is 0.244 e. The molecule has 0 amide bonds. The summed E-state index contributed by atoms with van der Waals surface area (Å²) in [6.45, 7) is 4.27. The second kappa shape index (κ2) is 6.11. The van der Waals surface area contributed by atoms with Crippen LogP contribution in [0.2, 0.25) is 0 Å². The van der Waals surface area contributed by atoms with E-state index in [9.17, 15) is 8.42 Å². The molecule has 2 N–H and O–H groups in total. The number of likely N-dealkylation sites (N-methyl/N-ethyl adjacent to an activating group) is 1. The molecule has 1 heterocycles. The highest BCUT2D eigenvalue weighted by Crippen LogP contribution is 2.28. The Morgan fingerprint density at radius 3 is 2.70 bits per heavy atom. The van der Waals surface area contributed by atoms with Crippen molar-refractivity contribution in [3.05, 3.63) is 28.2 Å². The van der Waals surface area contributed by atoms with Gasteiger partial charge in [0.2, 0.25) is 10.0 Å². The first-order valence-corrected chi connectivity index (χ1v) is 8.78. The van der Waals surface area contributed by atoms with Gasteiger partial charge in [-0.15, -0.1) is 0 Å². The van der Waals surface area contributed by atoms with Crippen molar-refractivity contribution in [2.45, 2.75) is 24.4 Å². The lowest BCUT2D eigenvalue weighted by Crippen LogP contribution is -2.52. The maximum atomic E-state index is 12.8. The van der Waals surface area contributed by atoms with E-state index in [0.717, 1.165) is 18.7 Å². The van der Waals surface area contributed by atoms with E-state index >= 15 is 0 Å². The second-order valence-electron chi connectivity index (χ2n) is 5.20. The molecule has 2 rings (SSSR count). The van der Waals surface area contributed by atoms with E-state index in [-0.39, 0.29) is 6.04 Å². The van der Waals surface area contributed by atoms with Crippen LogP contribution >= 0.6 is 15.9 Å². The highest BCUT2D eigenvalue weighted by molar-refractivity contribution is 9.10. The fraction of sp³-hybridized carbons (Fsp3) is 0.538. The standard InChI is InChI=1S/C13H20BrN3O2S/c1-10-9-16(2)5-6-17(10)20(18,19)13-7-11(8-15)3-4-12(13)14/h3-4,7,10H,5-6,8-9,15H2,1-2H3. The fourth-order valence-electron chi connectivity index (χ4n) is 2.48. The molecule has 1 atom stereocenters. The van der Waals surface area contributed by atoms with Crippen LogP contribution in [0.5, 0.6) is 0 Å². The minimum Gasteiger partial charge on any atom is -0.326 e. The normalized spacial score (nSPS) is 22.1. The molecule has 0 radical (unpaired) electrons. The largest absolute Gasteiger partial charge is 0.326 e. The Balaban J connectivity index is 2.40. The topological polar surface area (TPSA) is 66.6 Å². The number of benzene rings is 1. The van der Waals surface area contributed by atoms with Crippen LogP contribution in [0.4, 0.5) is 0 Å². The highest BCUT2D eigenvalue weighted by atomic mass is 79.9. The van der Waals surface area contributed by atoms with Gasteiger partial charge in [0.15, 0.2) is 0 Å². The number of hydrogen-bond acceptors (Lipinski definition) is 4. The molecule has 0 spiro atoms. The van der Waals surface area contributed by atoms with Crippen molar-refractivity contribution in [2.75, 3.05) is 26.7 Å². The molecule has 0 bridgehead atoms. The third-order valence-electron chi connectivity index (χ3n) is 3.59. The number of piperazine rings is 1. The Hall–Kier alpha value is -0.470. The fourth-order valence-corrected chi connectivity index (χ4v) is 5.07. The SMILES string of the molecule is CC1CN(C)CCN1S(=O)(=O)c1cc(CN)ccc1Br. The summed E-state index contributed by atoms with van der Waals surface area (Å²) in [5.74, 6) is 0. The molecular formula is C13H20BrN3O2S. The van der Waals surface area contributed by atoms with Crippen molar-refractivity contribution >= 4 is 26.0 Å². The molecule has 1 aromatic carbocycles. The van der Waals surface area contributed by atoms with E-state index in [4.69, 9.17) is 5.73 Å². The Bertz CT molecular complexity index is 591. The van der Waals surface area contributed by atoms with Gasteiger partial charge in [-0.05, 0) is 47.6 Å². The minimum atomic E-state index is -3.49. The summed E-state index contributed by atoms with van der Waals surface area (Å²) in [7, 11) is -1.49. The third kappa shape index (κ3) is 3.07. The predicted molar refractivity (Wildman–Crippen MR) is 82.9 cm³/mol. The van der Waals surface area contributed by atoms with Crippen molar-refractivity contribution in [1.82, 2.24) is 9.21 Å². The lowest BCUT2D eigenvalue weighted by molar-refractivity contribution is 0.170. The summed E-state index contributed by atoms with van der Waals surface area (Å²) in [6.07, 6.45) is 0. The van der Waals surface area contributed by atoms with Gasteiger partial charge < -0.3 is 10.6 Å². The maximum absolute atomic E-state index is 12.8. The molecule has 1 aromatic rings. The number of sulfonamides is 1. The zero-order valence-electron chi connectivity index (χ0n) is 11.7. The van der Waals surface area contributed by atoms with Gasteiger partial charge in [0, 0.05) is 36.7 Å². The Kier molecular flexibility index (Phi) is 4.86. The first-order valence-electron chi connectivity index (χ1n) is 6.55. The van der Waals surface area contributed by atoms with E-state index in [1.807, 2.05) is 20.0 Å². The lowest BCUT2D eigenvalue weighted by atomic mass is 10.2. The van der Waals surface area contributed by atoms with Crippen LogP contribution in [0, 0.1) is 0 Å². The van der Waals surface area contributed by atoms with Crippen molar-refractivity contribution in [1.29, 1.82) is 0 Å². The van der Waals surface area contributed by atoms with Crippen LogP contribution in [-0.2, 0) is 16.6 Å². The molecule has 5 nitrogen and oxygen atoms in total. The molecule has 0 aliphatic carbocycles. The Morgan fingerprint density at radius 2 is 2.10 bits per heavy atom. The molecule has 0 aromatic heterocycles. The van der Waals surface area contributed by atoms with Crippen LogP contribution in [0.1, 0.15) is 12.5 Å². The number of nitrogens with two attached hydrogens (primary N) is 1. The van der Waals surface area contributed by atoms with Gasteiger partial charge in [-0.1, -0.05) is 6.07 Å². The van der Waals surface area contributed by atoms with Crippen LogP contribution < -0.4 is 5.73 Å². The third-order valence-corrected chi connectivity index (χ3v) is 6.60. The van der Waals surface area contributed by atoms with E-state index in [2.05, 4.69) is 20.8 Å². The van der Waals surface area contributed by atoms with Crippen molar-refractivity contribution in [3.8, 4) is 0 Å². The van der Waals surface area contributed by atoms with E-state index in [1.54, 1.807) is 16.4 Å². The van der Waals surface area contributed by atoms with Gasteiger partial charge in [-0.3, -0.25) is 0 Å². The molecule has 7 heteroatoms. The summed E-state index contributed by atoms with van der Waals surface area (Å²) in [5, 5.41) is 0. The van der Waals surface area contributed by atoms with Crippen LogP contribution in [0.15, 0.2) is 27.6 Å². The van der Waals surface area contributed by atoms with Gasteiger partial charge in [-0.2, -0.15) is 4.31 Å². The summed E-state index contributed by atoms with van der Waals surface area (Å²) < 4.78 is 27.8. The molecule has 20 heavy (non-hydrogen) atoms. The zero-order valence-corrected chi connectivity index (χ0v) is 14.1. The van der Waals surface area contributed by atoms with Crippen molar-refractivity contribution < 1.29 is 8.42 Å². The predicted octanol–water partition coefficient (Wildman–Crippen LogP) is 1.23. The minimum absolute atomic E-state index is 0.0350. The molecule has 1 aliphatic rings. The second-order valence-corrected chi connectivity index (χ2v) is 7.91. The maximum Gasteiger partial charge on any atom is 0.244 e. The lowest BCUT2D eigenvalue weighted by Gasteiger charge is -2.37. The van der Waals surface area contributed by atoms with Gasteiger partial charge in [-0.25, -0.2) is 8.42 Å². The van der Waals surface area contributed by atoms with Gasteiger partial charge in [0.05, 0.1) is 4.90 Å². The molecule has 1 aliphatic heterocycles. The van der Waals surface area contributed by atoms with E-state index in [1.165, 1.54) is 0 Å². The highest BCUT2D eigenvalue weighted by Gasteiger charge is 2.33. The van der Waals surface area contributed by atoms with Crippen molar-refractivity contribution in [3.63, 3.8) is 0 Å². The average molecular weight is 362 g/mol. The van der Waals surface area contributed by atoms with Gasteiger partial charge >= 0.3 is 0 Å². The zero-order chi connectivity index (χ0) is 14.9. The Morgan fingerprint density at radius 1 is 1.40 bits per heavy atom. The summed E-state index contributed by atoms with van der Waals surface area (Å²) in [6, 6.07) is 5.20. The molecule has 1 fully saturated rings. The van der Waals surface area contributed by atoms with Gasteiger partial charge in [0.25, 0.3) is 0 Å². The van der Waals surface area contributed by atoms with Crippen LogP contribution in [0.25, 0.3) is 0 Å². The molecule has 1 saturated heterocycles. The van der Waals surface area contributed by atoms with Gasteiger partial charge in [0.1, 0.15) is 0 Å². The molecule has 0 saturated carbocycles. The first kappa shape index (κ1) is 15.9. The molecule has 1 unspecified atom stereocenters. The van der Waals surface area contributed by atoms with Crippen LogP contribution in [-0.4, -0.2) is 50.3 Å². The monoisotopic (exact) mass is 361 g/mol. The first-order chi connectivity index (χ1) is 9.36. The average Bonchev–Trinajstić information content (AvgIpc) is 2.38.